The molecule has 76 valence electrons. The lowest BCUT2D eigenvalue weighted by molar-refractivity contribution is -0.114. The van der Waals surface area contributed by atoms with Crippen molar-refractivity contribution in [3.05, 3.63) is 11.8 Å². The minimum Gasteiger partial charge on any atom is -0.464 e. The van der Waals surface area contributed by atoms with Crippen LogP contribution in [0.3, 0.4) is 0 Å². The molecule has 0 saturated carbocycles. The van der Waals surface area contributed by atoms with Crippen molar-refractivity contribution in [1.29, 1.82) is 0 Å². The molecule has 1 rings (SSSR count). The Morgan fingerprint density at radius 1 is 1.57 bits per heavy atom. The summed E-state index contributed by atoms with van der Waals surface area (Å²) >= 11 is 0. The predicted octanol–water partition coefficient (Wildman–Crippen LogP) is 0.165. The van der Waals surface area contributed by atoms with E-state index < -0.39 is 5.97 Å². The number of hydrogen-bond donors (Lipinski definition) is 1. The average molecular weight is 197 g/mol. The molecule has 0 saturated heterocycles. The van der Waals surface area contributed by atoms with Crippen LogP contribution in [0.15, 0.2) is 6.07 Å². The second-order valence-corrected chi connectivity index (χ2v) is 2.71. The number of carbonyl (C=O) groups excluding carboxylic acids is 2. The maximum absolute atomic E-state index is 11.1. The Kier molecular flexibility index (Phi) is 2.85. The van der Waals surface area contributed by atoms with Crippen molar-refractivity contribution in [2.45, 2.75) is 6.92 Å². The van der Waals surface area contributed by atoms with Gasteiger partial charge in [0.2, 0.25) is 5.91 Å². The number of esters is 1. The predicted molar refractivity (Wildman–Crippen MR) is 48.9 cm³/mol. The second kappa shape index (κ2) is 3.91. The van der Waals surface area contributed by atoms with Gasteiger partial charge < -0.3 is 10.1 Å². The van der Waals surface area contributed by atoms with Crippen LogP contribution >= 0.6 is 0 Å². The fraction of sp³-hybridized carbons (Fsp3) is 0.375. The van der Waals surface area contributed by atoms with Crippen molar-refractivity contribution in [1.82, 2.24) is 9.78 Å². The van der Waals surface area contributed by atoms with E-state index in [0.717, 1.165) is 0 Å². The number of amides is 1. The largest absolute Gasteiger partial charge is 0.464 e. The number of rotatable bonds is 2. The van der Waals surface area contributed by atoms with E-state index in [4.69, 9.17) is 0 Å². The Bertz CT molecular complexity index is 370. The van der Waals surface area contributed by atoms with Crippen molar-refractivity contribution < 1.29 is 14.3 Å². The molecule has 0 fully saturated rings. The number of nitrogens with one attached hydrogen (secondary N) is 1. The molecule has 1 amide bonds. The monoisotopic (exact) mass is 197 g/mol. The minimum atomic E-state index is -0.489. The van der Waals surface area contributed by atoms with E-state index in [2.05, 4.69) is 15.2 Å². The van der Waals surface area contributed by atoms with Crippen LogP contribution < -0.4 is 5.32 Å². The third-order valence-corrected chi connectivity index (χ3v) is 1.58. The van der Waals surface area contributed by atoms with E-state index in [1.807, 2.05) is 0 Å². The lowest BCUT2D eigenvalue weighted by atomic mass is 10.4. The van der Waals surface area contributed by atoms with Gasteiger partial charge in [-0.15, -0.1) is 0 Å². The lowest BCUT2D eigenvalue weighted by Crippen LogP contribution is -2.08. The van der Waals surface area contributed by atoms with Crippen molar-refractivity contribution in [2.24, 2.45) is 7.05 Å². The van der Waals surface area contributed by atoms with Crippen LogP contribution in [0, 0.1) is 0 Å². The molecular weight excluding hydrogens is 186 g/mol. The van der Waals surface area contributed by atoms with Gasteiger partial charge in [-0.05, 0) is 0 Å². The Morgan fingerprint density at radius 2 is 2.21 bits per heavy atom. The van der Waals surface area contributed by atoms with Crippen LogP contribution in [0.25, 0.3) is 0 Å². The van der Waals surface area contributed by atoms with Gasteiger partial charge in [0.05, 0.1) is 7.11 Å². The summed E-state index contributed by atoms with van der Waals surface area (Å²) in [4.78, 5) is 21.8. The Morgan fingerprint density at radius 3 is 2.71 bits per heavy atom. The van der Waals surface area contributed by atoms with Crippen molar-refractivity contribution in [3.8, 4) is 0 Å². The smallest absolute Gasteiger partial charge is 0.356 e. The Hall–Kier alpha value is -1.85. The molecule has 1 aromatic heterocycles. The highest BCUT2D eigenvalue weighted by Crippen LogP contribution is 2.08. The van der Waals surface area contributed by atoms with Gasteiger partial charge in [0, 0.05) is 20.0 Å². The minimum absolute atomic E-state index is 0.237. The molecule has 0 atom stereocenters. The van der Waals surface area contributed by atoms with Crippen molar-refractivity contribution in [3.63, 3.8) is 0 Å². The summed E-state index contributed by atoms with van der Waals surface area (Å²) in [7, 11) is 2.88. The molecule has 1 aromatic rings. The van der Waals surface area contributed by atoms with E-state index in [0.29, 0.717) is 5.82 Å². The van der Waals surface area contributed by atoms with E-state index in [-0.39, 0.29) is 11.6 Å². The topological polar surface area (TPSA) is 73.2 Å². The summed E-state index contributed by atoms with van der Waals surface area (Å²) in [6, 6.07) is 1.45. The van der Waals surface area contributed by atoms with E-state index in [1.54, 1.807) is 7.05 Å². The number of nitrogens with zero attached hydrogens (tertiary/aromatic N) is 2. The molecule has 0 spiro atoms. The standard InChI is InChI=1S/C8H11N3O3/c1-5(12)9-7-4-6(8(13)14-3)11(2)10-7/h4H,1-3H3,(H,9,10,12). The highest BCUT2D eigenvalue weighted by molar-refractivity contribution is 5.91. The zero-order valence-corrected chi connectivity index (χ0v) is 8.20. The number of ether oxygens (including phenoxy) is 1. The third kappa shape index (κ3) is 2.09. The summed E-state index contributed by atoms with van der Waals surface area (Å²) in [6.07, 6.45) is 0. The van der Waals surface area contributed by atoms with Crippen LogP contribution in [-0.2, 0) is 16.6 Å². The first-order valence-electron chi connectivity index (χ1n) is 3.94. The van der Waals surface area contributed by atoms with Crippen LogP contribution in [0.5, 0.6) is 0 Å². The molecule has 0 aliphatic carbocycles. The Labute approximate surface area is 80.8 Å². The quantitative estimate of drug-likeness (QED) is 0.685. The van der Waals surface area contributed by atoms with Gasteiger partial charge in [0.15, 0.2) is 5.82 Å². The summed E-state index contributed by atoms with van der Waals surface area (Å²) in [5, 5.41) is 6.37. The molecule has 0 unspecified atom stereocenters. The van der Waals surface area contributed by atoms with Gasteiger partial charge >= 0.3 is 5.97 Å². The van der Waals surface area contributed by atoms with Gasteiger partial charge in [-0.1, -0.05) is 0 Å². The lowest BCUT2D eigenvalue weighted by Gasteiger charge is -1.96. The number of hydrogen-bond acceptors (Lipinski definition) is 4. The summed E-state index contributed by atoms with van der Waals surface area (Å²) in [5.74, 6) is -0.392. The highest BCUT2D eigenvalue weighted by atomic mass is 16.5. The van der Waals surface area contributed by atoms with Crippen molar-refractivity contribution >= 4 is 17.7 Å². The fourth-order valence-corrected chi connectivity index (χ4v) is 1.00. The summed E-state index contributed by atoms with van der Waals surface area (Å²) in [6.45, 7) is 1.37. The van der Waals surface area contributed by atoms with Gasteiger partial charge in [-0.3, -0.25) is 9.48 Å². The van der Waals surface area contributed by atoms with Crippen molar-refractivity contribution in [2.75, 3.05) is 12.4 Å². The van der Waals surface area contributed by atoms with Crippen LogP contribution in [0.1, 0.15) is 17.4 Å². The number of carbonyl (C=O) groups is 2. The molecule has 0 radical (unpaired) electrons. The third-order valence-electron chi connectivity index (χ3n) is 1.58. The van der Waals surface area contributed by atoms with E-state index in [9.17, 15) is 9.59 Å². The summed E-state index contributed by atoms with van der Waals surface area (Å²) in [5.41, 5.74) is 0.288. The molecule has 1 N–H and O–H groups in total. The second-order valence-electron chi connectivity index (χ2n) is 2.71. The number of anilines is 1. The molecule has 0 bridgehead atoms. The van der Waals surface area contributed by atoms with Gasteiger partial charge in [-0.25, -0.2) is 4.79 Å². The van der Waals surface area contributed by atoms with E-state index in [1.165, 1.54) is 24.8 Å². The van der Waals surface area contributed by atoms with Gasteiger partial charge in [0.25, 0.3) is 0 Å². The molecule has 14 heavy (non-hydrogen) atoms. The van der Waals surface area contributed by atoms with Gasteiger partial charge in [0.1, 0.15) is 5.69 Å². The first-order chi connectivity index (χ1) is 6.54. The van der Waals surface area contributed by atoms with Gasteiger partial charge in [-0.2, -0.15) is 5.10 Å². The van der Waals surface area contributed by atoms with Crippen LogP contribution in [-0.4, -0.2) is 28.8 Å². The zero-order valence-electron chi connectivity index (χ0n) is 8.20. The van der Waals surface area contributed by atoms with Crippen LogP contribution in [0.2, 0.25) is 0 Å². The fourth-order valence-electron chi connectivity index (χ4n) is 1.00. The SMILES string of the molecule is COC(=O)c1cc(NC(C)=O)nn1C. The van der Waals surface area contributed by atoms with Crippen LogP contribution in [0.4, 0.5) is 5.82 Å². The Balaban J connectivity index is 2.93. The molecular formula is C8H11N3O3. The average Bonchev–Trinajstić information content (AvgIpc) is 2.44. The first-order valence-corrected chi connectivity index (χ1v) is 3.94. The molecule has 0 aliphatic heterocycles. The molecule has 6 nitrogen and oxygen atoms in total. The number of aryl methyl sites for hydroxylation is 1. The number of aromatic nitrogens is 2. The first kappa shape index (κ1) is 10.2. The maximum Gasteiger partial charge on any atom is 0.356 e. The molecule has 1 heterocycles. The number of methoxy groups -OCH3 is 1. The highest BCUT2D eigenvalue weighted by Gasteiger charge is 2.13. The van der Waals surface area contributed by atoms with E-state index >= 15 is 0 Å². The molecule has 6 heteroatoms. The normalized spacial score (nSPS) is 9.64. The summed E-state index contributed by atoms with van der Waals surface area (Å²) < 4.78 is 5.87. The molecule has 0 aliphatic rings. The molecule has 0 aromatic carbocycles. The maximum atomic E-state index is 11.1. The zero-order chi connectivity index (χ0) is 10.7.